The minimum Gasteiger partial charge on any atom is -0.392 e. The van der Waals surface area contributed by atoms with Crippen LogP contribution in [0.15, 0.2) is 0 Å². The first kappa shape index (κ1) is 44.9. The van der Waals surface area contributed by atoms with Crippen molar-refractivity contribution in [2.75, 3.05) is 19.6 Å². The minimum atomic E-state index is -0.249. The molecule has 272 valence electrons. The van der Waals surface area contributed by atoms with Gasteiger partial charge in [0.1, 0.15) is 0 Å². The fraction of sp³-hybridized carbons (Fsp3) is 1.00. The Morgan fingerprint density at radius 3 is 0.800 bits per heavy atom. The van der Waals surface area contributed by atoms with Crippen molar-refractivity contribution < 1.29 is 10.2 Å². The molecule has 0 saturated carbocycles. The van der Waals surface area contributed by atoms with Crippen LogP contribution in [0.4, 0.5) is 0 Å². The summed E-state index contributed by atoms with van der Waals surface area (Å²) in [6.07, 6.45) is 44.7. The highest BCUT2D eigenvalue weighted by atomic mass is 16.3. The van der Waals surface area contributed by atoms with E-state index in [1.807, 2.05) is 0 Å². The lowest BCUT2D eigenvalue weighted by molar-refractivity contribution is 0.0596. The van der Waals surface area contributed by atoms with Crippen LogP contribution < -0.4 is 0 Å². The highest BCUT2D eigenvalue weighted by Gasteiger charge is 2.15. The van der Waals surface area contributed by atoms with Crippen LogP contribution in [-0.4, -0.2) is 47.0 Å². The summed E-state index contributed by atoms with van der Waals surface area (Å²) in [7, 11) is 0. The van der Waals surface area contributed by atoms with Crippen LogP contribution in [0.3, 0.4) is 0 Å². The van der Waals surface area contributed by atoms with Crippen LogP contribution in [-0.2, 0) is 0 Å². The second-order valence-electron chi connectivity index (χ2n) is 14.9. The lowest BCUT2D eigenvalue weighted by atomic mass is 10.0. The summed E-state index contributed by atoms with van der Waals surface area (Å²) in [5, 5.41) is 21.7. The van der Waals surface area contributed by atoms with Crippen molar-refractivity contribution in [3.05, 3.63) is 0 Å². The van der Waals surface area contributed by atoms with Gasteiger partial charge in [-0.2, -0.15) is 0 Å². The highest BCUT2D eigenvalue weighted by molar-refractivity contribution is 4.70. The molecule has 0 fully saturated rings. The topological polar surface area (TPSA) is 43.7 Å². The van der Waals surface area contributed by atoms with Crippen molar-refractivity contribution in [1.82, 2.24) is 4.90 Å². The van der Waals surface area contributed by atoms with Crippen molar-refractivity contribution in [2.45, 2.75) is 251 Å². The van der Waals surface area contributed by atoms with Gasteiger partial charge in [0.05, 0.1) is 12.2 Å². The van der Waals surface area contributed by atoms with Gasteiger partial charge in [-0.05, 0) is 25.8 Å². The van der Waals surface area contributed by atoms with Crippen LogP contribution >= 0.6 is 0 Å². The van der Waals surface area contributed by atoms with E-state index < -0.39 is 0 Å². The first-order chi connectivity index (χ1) is 22.1. The Bertz CT molecular complexity index is 499. The maximum Gasteiger partial charge on any atom is 0.0667 e. The van der Waals surface area contributed by atoms with Gasteiger partial charge in [-0.15, -0.1) is 0 Å². The van der Waals surface area contributed by atoms with E-state index >= 15 is 0 Å². The van der Waals surface area contributed by atoms with Gasteiger partial charge in [0.2, 0.25) is 0 Å². The molecule has 45 heavy (non-hydrogen) atoms. The number of aliphatic hydroxyl groups excluding tert-OH is 2. The van der Waals surface area contributed by atoms with E-state index in [-0.39, 0.29) is 12.2 Å². The fourth-order valence-corrected chi connectivity index (χ4v) is 6.95. The third-order valence-corrected chi connectivity index (χ3v) is 10.0. The molecule has 0 saturated heterocycles. The zero-order chi connectivity index (χ0) is 32.9. The van der Waals surface area contributed by atoms with Gasteiger partial charge < -0.3 is 10.2 Å². The number of unbranched alkanes of at least 4 members (excludes halogenated alkanes) is 29. The number of nitrogens with zero attached hydrogens (tertiary/aromatic N) is 1. The number of hydrogen-bond acceptors (Lipinski definition) is 3. The predicted molar refractivity (Wildman–Crippen MR) is 202 cm³/mol. The smallest absolute Gasteiger partial charge is 0.0667 e. The first-order valence-electron chi connectivity index (χ1n) is 21.2. The molecule has 0 aliphatic carbocycles. The summed E-state index contributed by atoms with van der Waals surface area (Å²) < 4.78 is 0. The largest absolute Gasteiger partial charge is 0.392 e. The Labute approximate surface area is 285 Å². The quantitative estimate of drug-likeness (QED) is 0.0659. The molecule has 0 aromatic carbocycles. The van der Waals surface area contributed by atoms with Gasteiger partial charge >= 0.3 is 0 Å². The highest BCUT2D eigenvalue weighted by Crippen LogP contribution is 2.16. The van der Waals surface area contributed by atoms with Gasteiger partial charge in [-0.3, -0.25) is 4.90 Å². The van der Waals surface area contributed by atoms with Crippen LogP contribution in [0.5, 0.6) is 0 Å². The molecule has 0 aromatic heterocycles. The maximum absolute atomic E-state index is 10.9. The van der Waals surface area contributed by atoms with Gasteiger partial charge in [0.25, 0.3) is 0 Å². The molecule has 3 nitrogen and oxygen atoms in total. The molecule has 0 amide bonds. The molecular weight excluding hydrogens is 550 g/mol. The van der Waals surface area contributed by atoms with Crippen LogP contribution in [0.1, 0.15) is 239 Å². The van der Waals surface area contributed by atoms with E-state index in [1.54, 1.807) is 0 Å². The number of aliphatic hydroxyl groups is 2. The minimum absolute atomic E-state index is 0.249. The second kappa shape index (κ2) is 38.3. The second-order valence-corrected chi connectivity index (χ2v) is 14.9. The third kappa shape index (κ3) is 36.6. The molecule has 0 rings (SSSR count). The summed E-state index contributed by atoms with van der Waals surface area (Å²) in [6, 6.07) is 0. The molecule has 0 aliphatic heterocycles. The van der Waals surface area contributed by atoms with Crippen LogP contribution in [0.2, 0.25) is 0 Å². The van der Waals surface area contributed by atoms with E-state index in [9.17, 15) is 10.2 Å². The van der Waals surface area contributed by atoms with Gasteiger partial charge in [-0.25, -0.2) is 0 Å². The van der Waals surface area contributed by atoms with Crippen molar-refractivity contribution in [2.24, 2.45) is 0 Å². The Balaban J connectivity index is 4.11. The Morgan fingerprint density at radius 2 is 0.533 bits per heavy atom. The molecule has 3 heteroatoms. The standard InChI is InChI=1S/C42H87NO2/c1-4-7-10-13-16-19-20-21-22-23-24-25-26-29-32-35-38-43(39-41(44)36-33-30-27-17-14-11-8-5-2)40-42(45)37-34-31-28-18-15-12-9-6-3/h41-42,44-45H,4-40H2,1-3H3. The van der Waals surface area contributed by atoms with E-state index in [0.717, 1.165) is 45.3 Å². The van der Waals surface area contributed by atoms with Crippen LogP contribution in [0.25, 0.3) is 0 Å². The van der Waals surface area contributed by atoms with E-state index in [1.165, 1.54) is 193 Å². The van der Waals surface area contributed by atoms with E-state index in [0.29, 0.717) is 0 Å². The monoisotopic (exact) mass is 638 g/mol. The molecular formula is C42H87NO2. The molecule has 0 spiro atoms. The SMILES string of the molecule is CCCCCCCCCCCCCCCCCCN(CC(O)CCCCCCCCCC)CC(O)CCCCCCCCCC. The predicted octanol–water partition coefficient (Wildman–Crippen LogP) is 13.3. The summed E-state index contributed by atoms with van der Waals surface area (Å²) in [5.41, 5.74) is 0. The van der Waals surface area contributed by atoms with Crippen molar-refractivity contribution in [3.8, 4) is 0 Å². The maximum atomic E-state index is 10.9. The fourth-order valence-electron chi connectivity index (χ4n) is 6.95. The summed E-state index contributed by atoms with van der Waals surface area (Å²) in [4.78, 5) is 2.40. The van der Waals surface area contributed by atoms with Crippen molar-refractivity contribution in [3.63, 3.8) is 0 Å². The van der Waals surface area contributed by atoms with Gasteiger partial charge in [0.15, 0.2) is 0 Å². The van der Waals surface area contributed by atoms with Crippen molar-refractivity contribution in [1.29, 1.82) is 0 Å². The molecule has 0 bridgehead atoms. The van der Waals surface area contributed by atoms with Gasteiger partial charge in [-0.1, -0.05) is 220 Å². The summed E-state index contributed by atoms with van der Waals surface area (Å²) in [6.45, 7) is 9.36. The third-order valence-electron chi connectivity index (χ3n) is 10.0. The first-order valence-corrected chi connectivity index (χ1v) is 21.2. The summed E-state index contributed by atoms with van der Waals surface area (Å²) in [5.74, 6) is 0. The zero-order valence-electron chi connectivity index (χ0n) is 31.7. The molecule has 0 aliphatic rings. The molecule has 2 unspecified atom stereocenters. The lowest BCUT2D eigenvalue weighted by Gasteiger charge is -2.27. The zero-order valence-corrected chi connectivity index (χ0v) is 31.7. The average molecular weight is 638 g/mol. The average Bonchev–Trinajstić information content (AvgIpc) is 3.03. The summed E-state index contributed by atoms with van der Waals surface area (Å²) >= 11 is 0. The van der Waals surface area contributed by atoms with Gasteiger partial charge in [0, 0.05) is 13.1 Å². The Morgan fingerprint density at radius 1 is 0.311 bits per heavy atom. The Kier molecular flexibility index (Phi) is 38.2. The molecule has 0 radical (unpaired) electrons. The van der Waals surface area contributed by atoms with E-state index in [2.05, 4.69) is 25.7 Å². The number of rotatable bonds is 39. The van der Waals surface area contributed by atoms with Crippen molar-refractivity contribution >= 4 is 0 Å². The van der Waals surface area contributed by atoms with E-state index in [4.69, 9.17) is 0 Å². The molecule has 2 N–H and O–H groups in total. The van der Waals surface area contributed by atoms with Crippen LogP contribution in [0, 0.1) is 0 Å². The molecule has 2 atom stereocenters. The Hall–Kier alpha value is -0.120. The molecule has 0 heterocycles. The number of hydrogen-bond donors (Lipinski definition) is 2. The lowest BCUT2D eigenvalue weighted by Crippen LogP contribution is -2.38. The molecule has 0 aromatic rings. The normalized spacial score (nSPS) is 13.2.